The van der Waals surface area contributed by atoms with E-state index in [0.717, 1.165) is 10.3 Å². The van der Waals surface area contributed by atoms with Crippen LogP contribution in [0, 0.1) is 12.7 Å². The van der Waals surface area contributed by atoms with Crippen molar-refractivity contribution in [1.29, 1.82) is 0 Å². The van der Waals surface area contributed by atoms with Crippen molar-refractivity contribution >= 4 is 55.2 Å². The number of benzene rings is 4. The monoisotopic (exact) mass is 617 g/mol. The van der Waals surface area contributed by atoms with Gasteiger partial charge in [0, 0.05) is 11.1 Å². The first-order chi connectivity index (χ1) is 21.8. The first-order valence-electron chi connectivity index (χ1n) is 14.4. The number of rotatable bonds is 5. The van der Waals surface area contributed by atoms with Crippen molar-refractivity contribution in [2.24, 2.45) is 0 Å². The lowest BCUT2D eigenvalue weighted by molar-refractivity contribution is -0.121. The lowest BCUT2D eigenvalue weighted by Gasteiger charge is -2.32. The van der Waals surface area contributed by atoms with Crippen LogP contribution in [-0.2, 0) is 16.9 Å². The van der Waals surface area contributed by atoms with Crippen molar-refractivity contribution in [1.82, 2.24) is 4.98 Å². The number of halogens is 1. The number of amides is 2. The number of aryl methyl sites for hydroxylation is 1. The molecule has 0 saturated heterocycles. The number of para-hydroxylation sites is 1. The summed E-state index contributed by atoms with van der Waals surface area (Å²) in [5, 5.41) is 0.469. The maximum Gasteiger partial charge on any atom is 0.297 e. The lowest BCUT2D eigenvalue weighted by atomic mass is 9.84. The van der Waals surface area contributed by atoms with Gasteiger partial charge in [0.25, 0.3) is 11.8 Å². The van der Waals surface area contributed by atoms with E-state index in [-0.39, 0.29) is 34.0 Å². The third-order valence-electron chi connectivity index (χ3n) is 8.42. The molecule has 0 radical (unpaired) electrons. The highest BCUT2D eigenvalue weighted by atomic mass is 32.1. The Bertz CT molecular complexity index is 2300. The summed E-state index contributed by atoms with van der Waals surface area (Å²) in [6.07, 6.45) is 0. The molecular formula is C35H24FN3O5S. The zero-order valence-corrected chi connectivity index (χ0v) is 25.0. The number of fused-ring (bicyclic) bond motifs is 6. The Labute approximate surface area is 259 Å². The molecule has 4 heterocycles. The van der Waals surface area contributed by atoms with Crippen LogP contribution < -0.4 is 20.0 Å². The highest BCUT2D eigenvalue weighted by Gasteiger charge is 2.66. The number of carbonyl (C=O) groups excluding carboxylic acids is 2. The molecule has 8 nitrogen and oxygen atoms in total. The molecule has 0 bridgehead atoms. The highest BCUT2D eigenvalue weighted by Crippen LogP contribution is 2.55. The molecule has 2 amide bonds. The van der Waals surface area contributed by atoms with Crippen molar-refractivity contribution in [3.63, 3.8) is 0 Å². The molecule has 222 valence electrons. The molecule has 0 N–H and O–H groups in total. The van der Waals surface area contributed by atoms with E-state index >= 15 is 4.79 Å². The molecule has 0 saturated carbocycles. The number of hydrogen-bond donors (Lipinski definition) is 0. The molecule has 0 aliphatic carbocycles. The van der Waals surface area contributed by atoms with E-state index < -0.39 is 28.6 Å². The number of ether oxygens (including phenoxy) is 1. The predicted molar refractivity (Wildman–Crippen MR) is 170 cm³/mol. The number of nitrogens with zero attached hydrogens (tertiary/aromatic N) is 3. The van der Waals surface area contributed by atoms with E-state index in [4.69, 9.17) is 14.1 Å². The van der Waals surface area contributed by atoms with Gasteiger partial charge in [-0.3, -0.25) is 19.3 Å². The Balaban J connectivity index is 1.43. The first kappa shape index (κ1) is 27.2. The van der Waals surface area contributed by atoms with Crippen molar-refractivity contribution < 1.29 is 23.1 Å². The molecule has 1 atom stereocenters. The first-order valence-corrected chi connectivity index (χ1v) is 15.3. The molecule has 2 aliphatic rings. The third-order valence-corrected chi connectivity index (χ3v) is 9.42. The van der Waals surface area contributed by atoms with Crippen molar-refractivity contribution in [3.8, 4) is 5.75 Å². The quantitative estimate of drug-likeness (QED) is 0.214. The SMILES string of the molecule is CCOc1ccc2nc(N3C(=O)c4oc5ccc(C)cc5c(=O)c4C34C(=O)N(Cc3ccccc3F)c3ccccc34)sc2c1. The average Bonchev–Trinajstić information content (AvgIpc) is 3.64. The van der Waals surface area contributed by atoms with Crippen LogP contribution in [0.5, 0.6) is 5.75 Å². The van der Waals surface area contributed by atoms with Crippen molar-refractivity contribution in [3.05, 3.63) is 129 Å². The van der Waals surface area contributed by atoms with Crippen LogP contribution in [-0.4, -0.2) is 23.4 Å². The van der Waals surface area contributed by atoms with E-state index in [0.29, 0.717) is 34.7 Å². The molecule has 8 rings (SSSR count). The summed E-state index contributed by atoms with van der Waals surface area (Å²) in [6, 6.07) is 23.7. The molecule has 2 aliphatic heterocycles. The van der Waals surface area contributed by atoms with Gasteiger partial charge in [-0.05, 0) is 56.3 Å². The molecular weight excluding hydrogens is 593 g/mol. The number of thiazole rings is 1. The van der Waals surface area contributed by atoms with E-state index in [1.54, 1.807) is 72.8 Å². The summed E-state index contributed by atoms with van der Waals surface area (Å²) >= 11 is 1.21. The summed E-state index contributed by atoms with van der Waals surface area (Å²) < 4.78 is 27.6. The average molecular weight is 618 g/mol. The number of hydrogen-bond acceptors (Lipinski definition) is 7. The minimum absolute atomic E-state index is 0.0756. The maximum atomic E-state index is 15.1. The summed E-state index contributed by atoms with van der Waals surface area (Å²) in [5.74, 6) is -1.29. The van der Waals surface area contributed by atoms with E-state index in [2.05, 4.69) is 0 Å². The smallest absolute Gasteiger partial charge is 0.297 e. The van der Waals surface area contributed by atoms with Gasteiger partial charge in [0.2, 0.25) is 5.76 Å². The van der Waals surface area contributed by atoms with Crippen molar-refractivity contribution in [2.75, 3.05) is 16.4 Å². The van der Waals surface area contributed by atoms with E-state index in [1.807, 2.05) is 19.9 Å². The number of aromatic nitrogens is 1. The summed E-state index contributed by atoms with van der Waals surface area (Å²) in [4.78, 5) is 51.7. The summed E-state index contributed by atoms with van der Waals surface area (Å²) in [7, 11) is 0. The van der Waals surface area contributed by atoms with Gasteiger partial charge >= 0.3 is 0 Å². The van der Waals surface area contributed by atoms with Gasteiger partial charge in [-0.15, -0.1) is 0 Å². The largest absolute Gasteiger partial charge is 0.494 e. The van der Waals surface area contributed by atoms with Crippen molar-refractivity contribution in [2.45, 2.75) is 25.9 Å². The topological polar surface area (TPSA) is 93.0 Å². The predicted octanol–water partition coefficient (Wildman–Crippen LogP) is 6.70. The Morgan fingerprint density at radius 2 is 1.78 bits per heavy atom. The highest BCUT2D eigenvalue weighted by molar-refractivity contribution is 7.22. The van der Waals surface area contributed by atoms with Crippen LogP contribution in [0.2, 0.25) is 0 Å². The van der Waals surface area contributed by atoms with E-state index in [9.17, 15) is 14.0 Å². The van der Waals surface area contributed by atoms with Gasteiger partial charge in [-0.25, -0.2) is 9.37 Å². The summed E-state index contributed by atoms with van der Waals surface area (Å²) in [6.45, 7) is 4.10. The van der Waals surface area contributed by atoms with Crippen LogP contribution in [0.4, 0.5) is 15.2 Å². The number of anilines is 2. The zero-order valence-electron chi connectivity index (χ0n) is 24.2. The fourth-order valence-electron chi connectivity index (χ4n) is 6.48. The molecule has 1 unspecified atom stereocenters. The third kappa shape index (κ3) is 3.75. The molecule has 6 aromatic rings. The zero-order chi connectivity index (χ0) is 31.0. The van der Waals surface area contributed by atoms with Gasteiger partial charge in [-0.2, -0.15) is 0 Å². The molecule has 2 aromatic heterocycles. The minimum Gasteiger partial charge on any atom is -0.494 e. The minimum atomic E-state index is -1.94. The second-order valence-electron chi connectivity index (χ2n) is 11.0. The van der Waals surface area contributed by atoms with Gasteiger partial charge < -0.3 is 14.1 Å². The van der Waals surface area contributed by atoms with Crippen LogP contribution >= 0.6 is 11.3 Å². The van der Waals surface area contributed by atoms with E-state index in [1.165, 1.54) is 27.2 Å². The van der Waals surface area contributed by atoms with Gasteiger partial charge in [0.05, 0.1) is 40.0 Å². The van der Waals surface area contributed by atoms with Crippen LogP contribution in [0.25, 0.3) is 21.2 Å². The normalized spacial score (nSPS) is 17.1. The Morgan fingerprint density at radius 3 is 2.60 bits per heavy atom. The second-order valence-corrected chi connectivity index (χ2v) is 12.1. The second kappa shape index (κ2) is 9.83. The Kier molecular flexibility index (Phi) is 5.95. The van der Waals surface area contributed by atoms with Gasteiger partial charge in [0.1, 0.15) is 17.1 Å². The number of carbonyl (C=O) groups is 2. The van der Waals surface area contributed by atoms with Crippen LogP contribution in [0.3, 0.4) is 0 Å². The molecule has 45 heavy (non-hydrogen) atoms. The molecule has 1 spiro atoms. The fraction of sp³-hybridized carbons (Fsp3) is 0.143. The molecule has 0 fully saturated rings. The van der Waals surface area contributed by atoms with Gasteiger partial charge in [0.15, 0.2) is 16.1 Å². The van der Waals surface area contributed by atoms with Crippen LogP contribution in [0.1, 0.15) is 39.7 Å². The molecule has 4 aromatic carbocycles. The Morgan fingerprint density at radius 1 is 0.978 bits per heavy atom. The molecule has 10 heteroatoms. The standard InChI is InChI=1S/C35H24FN3O5S/c1-3-43-21-13-14-25-28(17-21)45-34(37-25)39-32(41)31-29(30(40)22-16-19(2)12-15-27(22)44-31)35(39)23-9-5-7-11-26(23)38(33(35)42)18-20-8-4-6-10-24(20)36/h4-17H,3,18H2,1-2H3. The summed E-state index contributed by atoms with van der Waals surface area (Å²) in [5.41, 5.74) is 0.311. The maximum absolute atomic E-state index is 15.1. The Hall–Kier alpha value is -5.35. The van der Waals surface area contributed by atoms with Crippen LogP contribution in [0.15, 0.2) is 94.1 Å². The lowest BCUT2D eigenvalue weighted by Crippen LogP contribution is -2.53. The van der Waals surface area contributed by atoms with Gasteiger partial charge in [-0.1, -0.05) is 59.4 Å². The fourth-order valence-corrected chi connectivity index (χ4v) is 7.52.